The summed E-state index contributed by atoms with van der Waals surface area (Å²) in [5, 5.41) is 0.509. The van der Waals surface area contributed by atoms with E-state index in [0.29, 0.717) is 17.6 Å². The van der Waals surface area contributed by atoms with E-state index in [0.717, 1.165) is 30.8 Å². The fraction of sp³-hybridized carbons (Fsp3) is 0.714. The van der Waals surface area contributed by atoms with Gasteiger partial charge in [-0.15, -0.1) is 0 Å². The molecule has 0 N–H and O–H groups in total. The first kappa shape index (κ1) is 14.5. The Balaban J connectivity index is 1.93. The first-order valence-electron chi connectivity index (χ1n) is 7.09. The molecule has 0 aromatic carbocycles. The van der Waals surface area contributed by atoms with E-state index in [9.17, 15) is 0 Å². The Morgan fingerprint density at radius 2 is 2.00 bits per heavy atom. The Hall–Kier alpha value is -0.870. The molecule has 106 valence electrons. The van der Waals surface area contributed by atoms with Crippen LogP contribution in [-0.4, -0.2) is 41.1 Å². The highest BCUT2D eigenvalue weighted by Gasteiger charge is 2.13. The quantitative estimate of drug-likeness (QED) is 0.753. The monoisotopic (exact) mass is 283 g/mol. The highest BCUT2D eigenvalue weighted by Crippen LogP contribution is 2.22. The second-order valence-electron chi connectivity index (χ2n) is 5.01. The maximum absolute atomic E-state index is 6.12. The summed E-state index contributed by atoms with van der Waals surface area (Å²) in [4.78, 5) is 11.1. The molecule has 19 heavy (non-hydrogen) atoms. The van der Waals surface area contributed by atoms with Crippen molar-refractivity contribution >= 4 is 11.6 Å². The van der Waals surface area contributed by atoms with Gasteiger partial charge in [-0.25, -0.2) is 4.98 Å². The summed E-state index contributed by atoms with van der Waals surface area (Å²) >= 11 is 6.12. The molecule has 0 unspecified atom stereocenters. The van der Waals surface area contributed by atoms with Crippen LogP contribution in [0.25, 0.3) is 0 Å². The van der Waals surface area contributed by atoms with Gasteiger partial charge in [0.2, 0.25) is 5.88 Å². The van der Waals surface area contributed by atoms with Crippen molar-refractivity contribution in [1.82, 2.24) is 14.9 Å². The molecule has 2 heterocycles. The van der Waals surface area contributed by atoms with Gasteiger partial charge in [0.1, 0.15) is 17.6 Å². The van der Waals surface area contributed by atoms with Crippen LogP contribution in [0, 0.1) is 6.92 Å². The molecular formula is C14H22ClN3O. The van der Waals surface area contributed by atoms with Crippen molar-refractivity contribution < 1.29 is 4.74 Å². The molecule has 1 fully saturated rings. The van der Waals surface area contributed by atoms with E-state index < -0.39 is 0 Å². The molecular weight excluding hydrogens is 262 g/mol. The van der Waals surface area contributed by atoms with Crippen LogP contribution in [0.1, 0.15) is 37.6 Å². The first-order chi connectivity index (χ1) is 9.20. The van der Waals surface area contributed by atoms with Crippen LogP contribution in [-0.2, 0) is 6.42 Å². The lowest BCUT2D eigenvalue weighted by Crippen LogP contribution is -2.25. The minimum Gasteiger partial charge on any atom is -0.476 e. The van der Waals surface area contributed by atoms with Crippen molar-refractivity contribution in [2.45, 2.75) is 39.5 Å². The number of aryl methyl sites for hydroxylation is 1. The van der Waals surface area contributed by atoms with Crippen LogP contribution < -0.4 is 4.74 Å². The number of nitrogens with zero attached hydrogens (tertiary/aromatic N) is 3. The molecule has 1 aromatic rings. The number of hydrogen-bond acceptors (Lipinski definition) is 4. The predicted molar refractivity (Wildman–Crippen MR) is 76.9 cm³/mol. The van der Waals surface area contributed by atoms with Crippen molar-refractivity contribution in [3.05, 3.63) is 16.5 Å². The first-order valence-corrected chi connectivity index (χ1v) is 7.46. The zero-order valence-electron chi connectivity index (χ0n) is 11.8. The maximum atomic E-state index is 6.12. The van der Waals surface area contributed by atoms with Gasteiger partial charge in [0.15, 0.2) is 0 Å². The summed E-state index contributed by atoms with van der Waals surface area (Å²) < 4.78 is 5.79. The van der Waals surface area contributed by atoms with Crippen LogP contribution in [0.15, 0.2) is 0 Å². The Kier molecular flexibility index (Phi) is 5.40. The molecule has 1 aromatic heterocycles. The fourth-order valence-electron chi connectivity index (χ4n) is 2.27. The van der Waals surface area contributed by atoms with Crippen LogP contribution >= 0.6 is 11.6 Å². The molecule has 0 saturated carbocycles. The molecule has 0 spiro atoms. The molecule has 1 saturated heterocycles. The Labute approximate surface area is 120 Å². The highest BCUT2D eigenvalue weighted by atomic mass is 35.5. The predicted octanol–water partition coefficient (Wildman–Crippen LogP) is 2.87. The molecule has 1 aliphatic rings. The maximum Gasteiger partial charge on any atom is 0.221 e. The normalized spacial score (nSPS) is 15.9. The minimum atomic E-state index is 0.509. The molecule has 5 heteroatoms. The number of ether oxygens (including phenoxy) is 1. The second-order valence-corrected chi connectivity index (χ2v) is 5.37. The lowest BCUT2D eigenvalue weighted by atomic mass is 10.3. The van der Waals surface area contributed by atoms with E-state index in [-0.39, 0.29) is 0 Å². The van der Waals surface area contributed by atoms with Gasteiger partial charge >= 0.3 is 0 Å². The average molecular weight is 284 g/mol. The summed E-state index contributed by atoms with van der Waals surface area (Å²) in [5.41, 5.74) is 0.836. The summed E-state index contributed by atoms with van der Waals surface area (Å²) in [6.07, 6.45) is 4.45. The van der Waals surface area contributed by atoms with Gasteiger partial charge < -0.3 is 4.74 Å². The fourth-order valence-corrected chi connectivity index (χ4v) is 2.44. The van der Waals surface area contributed by atoms with Gasteiger partial charge in [0.05, 0.1) is 0 Å². The molecule has 0 atom stereocenters. The molecule has 0 amide bonds. The zero-order chi connectivity index (χ0) is 13.7. The Bertz CT molecular complexity index is 419. The van der Waals surface area contributed by atoms with Crippen molar-refractivity contribution in [2.24, 2.45) is 0 Å². The zero-order valence-corrected chi connectivity index (χ0v) is 12.5. The van der Waals surface area contributed by atoms with Gasteiger partial charge in [0.25, 0.3) is 0 Å². The number of rotatable bonds is 6. The molecule has 0 radical (unpaired) electrons. The molecule has 1 aliphatic heterocycles. The van der Waals surface area contributed by atoms with Crippen molar-refractivity contribution in [2.75, 3.05) is 26.2 Å². The van der Waals surface area contributed by atoms with Gasteiger partial charge in [-0.3, -0.25) is 4.90 Å². The standard InChI is InChI=1S/C14H22ClN3O/c1-3-6-12-16-13(15)11(2)14(17-12)19-10-9-18-7-4-5-8-18/h3-10H2,1-2H3. The van der Waals surface area contributed by atoms with E-state index in [2.05, 4.69) is 21.8 Å². The van der Waals surface area contributed by atoms with Crippen molar-refractivity contribution in [3.8, 4) is 5.88 Å². The molecule has 0 aliphatic carbocycles. The third-order valence-corrected chi connectivity index (χ3v) is 3.77. The summed E-state index contributed by atoms with van der Waals surface area (Å²) in [6.45, 7) is 8.01. The lowest BCUT2D eigenvalue weighted by Gasteiger charge is -2.15. The summed E-state index contributed by atoms with van der Waals surface area (Å²) in [7, 11) is 0. The topological polar surface area (TPSA) is 38.2 Å². The minimum absolute atomic E-state index is 0.509. The summed E-state index contributed by atoms with van der Waals surface area (Å²) in [6, 6.07) is 0. The van der Waals surface area contributed by atoms with E-state index in [1.165, 1.54) is 25.9 Å². The average Bonchev–Trinajstić information content (AvgIpc) is 2.88. The smallest absolute Gasteiger partial charge is 0.221 e. The van der Waals surface area contributed by atoms with Gasteiger partial charge in [-0.1, -0.05) is 18.5 Å². The molecule has 4 nitrogen and oxygen atoms in total. The molecule has 0 bridgehead atoms. The van der Waals surface area contributed by atoms with Crippen molar-refractivity contribution in [3.63, 3.8) is 0 Å². The number of halogens is 1. The van der Waals surface area contributed by atoms with Crippen molar-refractivity contribution in [1.29, 1.82) is 0 Å². The van der Waals surface area contributed by atoms with Crippen LogP contribution in [0.3, 0.4) is 0 Å². The number of aromatic nitrogens is 2. The second kappa shape index (κ2) is 7.06. The van der Waals surface area contributed by atoms with E-state index >= 15 is 0 Å². The third-order valence-electron chi connectivity index (χ3n) is 3.41. The van der Waals surface area contributed by atoms with Gasteiger partial charge in [-0.2, -0.15) is 4.98 Å². The van der Waals surface area contributed by atoms with E-state index in [1.54, 1.807) is 0 Å². The third kappa shape index (κ3) is 4.05. The Morgan fingerprint density at radius 1 is 1.26 bits per heavy atom. The van der Waals surface area contributed by atoms with Crippen LogP contribution in [0.5, 0.6) is 5.88 Å². The van der Waals surface area contributed by atoms with Gasteiger partial charge in [-0.05, 0) is 39.3 Å². The lowest BCUT2D eigenvalue weighted by molar-refractivity contribution is 0.230. The SMILES string of the molecule is CCCc1nc(Cl)c(C)c(OCCN2CCCC2)n1. The van der Waals surface area contributed by atoms with Crippen LogP contribution in [0.2, 0.25) is 5.15 Å². The van der Waals surface area contributed by atoms with E-state index in [1.807, 2.05) is 6.92 Å². The van der Waals surface area contributed by atoms with Gasteiger partial charge in [0, 0.05) is 18.5 Å². The summed E-state index contributed by atoms with van der Waals surface area (Å²) in [5.74, 6) is 1.41. The van der Waals surface area contributed by atoms with E-state index in [4.69, 9.17) is 16.3 Å². The largest absolute Gasteiger partial charge is 0.476 e. The molecule has 2 rings (SSSR count). The number of hydrogen-bond donors (Lipinski definition) is 0. The number of likely N-dealkylation sites (tertiary alicyclic amines) is 1. The van der Waals surface area contributed by atoms with Crippen LogP contribution in [0.4, 0.5) is 0 Å². The highest BCUT2D eigenvalue weighted by molar-refractivity contribution is 6.30. The Morgan fingerprint density at radius 3 is 2.68 bits per heavy atom.